The molecule has 1 aromatic heterocycles. The Morgan fingerprint density at radius 3 is 2.67 bits per heavy atom. The molecule has 0 saturated carbocycles. The van der Waals surface area contributed by atoms with E-state index in [9.17, 15) is 0 Å². The molecule has 0 aliphatic heterocycles. The molecule has 0 radical (unpaired) electrons. The third-order valence-corrected chi connectivity index (χ3v) is 3.75. The van der Waals surface area contributed by atoms with Crippen LogP contribution in [-0.4, -0.2) is 11.5 Å². The molecule has 0 amide bonds. The lowest BCUT2D eigenvalue weighted by Crippen LogP contribution is -2.20. The van der Waals surface area contributed by atoms with Crippen LogP contribution >= 0.6 is 11.3 Å². The Hall–Kier alpha value is -0.410. The van der Waals surface area contributed by atoms with E-state index in [0.29, 0.717) is 5.92 Å². The molecule has 86 valence electrons. The molecule has 0 aromatic carbocycles. The molecule has 0 aliphatic carbocycles. The van der Waals surface area contributed by atoms with E-state index in [1.54, 1.807) is 11.3 Å². The summed E-state index contributed by atoms with van der Waals surface area (Å²) in [6.07, 6.45) is 1.24. The Balaban J connectivity index is 2.31. The summed E-state index contributed by atoms with van der Waals surface area (Å²) in [5.74, 6) is 1.31. The van der Waals surface area contributed by atoms with Gasteiger partial charge in [-0.25, -0.2) is 4.98 Å². The minimum atomic E-state index is 0.554. The van der Waals surface area contributed by atoms with Crippen LogP contribution in [0.2, 0.25) is 0 Å². The van der Waals surface area contributed by atoms with Crippen molar-refractivity contribution >= 4 is 11.3 Å². The molecule has 0 saturated heterocycles. The van der Waals surface area contributed by atoms with Crippen LogP contribution in [0.15, 0.2) is 5.38 Å². The molecule has 1 unspecified atom stereocenters. The first-order valence-corrected chi connectivity index (χ1v) is 6.66. The quantitative estimate of drug-likeness (QED) is 0.804. The van der Waals surface area contributed by atoms with Gasteiger partial charge in [-0.15, -0.1) is 11.3 Å². The Kier molecular flexibility index (Phi) is 5.26. The van der Waals surface area contributed by atoms with Gasteiger partial charge in [-0.1, -0.05) is 34.1 Å². The van der Waals surface area contributed by atoms with Crippen molar-refractivity contribution in [2.24, 2.45) is 5.92 Å². The predicted octanol–water partition coefficient (Wildman–Crippen LogP) is 3.40. The molecule has 2 nitrogen and oxygen atoms in total. The normalized spacial score (nSPS) is 13.4. The van der Waals surface area contributed by atoms with Gasteiger partial charge in [0.2, 0.25) is 0 Å². The second-order valence-corrected chi connectivity index (χ2v) is 5.37. The molecular formula is C12H22N2S. The fourth-order valence-corrected chi connectivity index (χ4v) is 2.09. The smallest absolute Gasteiger partial charge is 0.0954 e. The summed E-state index contributed by atoms with van der Waals surface area (Å²) in [4.78, 5) is 4.59. The summed E-state index contributed by atoms with van der Waals surface area (Å²) >= 11 is 1.77. The van der Waals surface area contributed by atoms with Crippen LogP contribution in [0.5, 0.6) is 0 Å². The van der Waals surface area contributed by atoms with Crippen molar-refractivity contribution in [2.45, 2.75) is 46.6 Å². The van der Waals surface area contributed by atoms with Crippen LogP contribution in [0, 0.1) is 5.92 Å². The highest BCUT2D eigenvalue weighted by atomic mass is 32.1. The van der Waals surface area contributed by atoms with Gasteiger partial charge in [-0.05, 0) is 12.5 Å². The monoisotopic (exact) mass is 226 g/mol. The summed E-state index contributed by atoms with van der Waals surface area (Å²) < 4.78 is 0. The fourth-order valence-electron chi connectivity index (χ4n) is 1.26. The Morgan fingerprint density at radius 1 is 1.40 bits per heavy atom. The highest BCUT2D eigenvalue weighted by Gasteiger charge is 2.05. The van der Waals surface area contributed by atoms with Gasteiger partial charge >= 0.3 is 0 Å². The van der Waals surface area contributed by atoms with Crippen molar-refractivity contribution in [3.63, 3.8) is 0 Å². The van der Waals surface area contributed by atoms with E-state index >= 15 is 0 Å². The van der Waals surface area contributed by atoms with E-state index in [-0.39, 0.29) is 0 Å². The molecule has 1 rings (SSSR count). The van der Waals surface area contributed by atoms with Crippen molar-refractivity contribution in [1.82, 2.24) is 10.3 Å². The maximum atomic E-state index is 4.59. The average molecular weight is 226 g/mol. The number of hydrogen-bond donors (Lipinski definition) is 1. The number of thiazole rings is 1. The number of rotatable bonds is 6. The second-order valence-electron chi connectivity index (χ2n) is 4.48. The van der Waals surface area contributed by atoms with E-state index in [1.807, 2.05) is 0 Å². The van der Waals surface area contributed by atoms with Gasteiger partial charge in [0.15, 0.2) is 0 Å². The molecule has 1 N–H and O–H groups in total. The van der Waals surface area contributed by atoms with Crippen molar-refractivity contribution in [1.29, 1.82) is 0 Å². The Labute approximate surface area is 97.1 Å². The molecule has 0 spiro atoms. The summed E-state index contributed by atoms with van der Waals surface area (Å²) in [7, 11) is 0. The minimum absolute atomic E-state index is 0.554. The summed E-state index contributed by atoms with van der Waals surface area (Å²) in [6.45, 7) is 10.9. The minimum Gasteiger partial charge on any atom is -0.311 e. The number of hydrogen-bond acceptors (Lipinski definition) is 3. The van der Waals surface area contributed by atoms with Gasteiger partial charge in [0.05, 0.1) is 10.7 Å². The molecule has 1 heterocycles. The maximum Gasteiger partial charge on any atom is 0.0954 e. The summed E-state index contributed by atoms with van der Waals surface area (Å²) in [5.41, 5.74) is 1.19. The molecule has 3 heteroatoms. The van der Waals surface area contributed by atoms with Gasteiger partial charge in [-0.3, -0.25) is 0 Å². The van der Waals surface area contributed by atoms with Crippen LogP contribution < -0.4 is 5.32 Å². The van der Waals surface area contributed by atoms with Crippen LogP contribution in [0.25, 0.3) is 0 Å². The largest absolute Gasteiger partial charge is 0.311 e. The third kappa shape index (κ3) is 4.31. The predicted molar refractivity (Wildman–Crippen MR) is 67.4 cm³/mol. The van der Waals surface area contributed by atoms with Crippen molar-refractivity contribution < 1.29 is 0 Å². The number of nitrogens with zero attached hydrogens (tertiary/aromatic N) is 1. The lowest BCUT2D eigenvalue weighted by atomic mass is 10.1. The lowest BCUT2D eigenvalue weighted by molar-refractivity contribution is 0.497. The first-order chi connectivity index (χ1) is 7.13. The highest BCUT2D eigenvalue weighted by Crippen LogP contribution is 2.18. The molecular weight excluding hydrogens is 204 g/mol. The zero-order chi connectivity index (χ0) is 11.3. The van der Waals surface area contributed by atoms with Crippen molar-refractivity contribution in [2.75, 3.05) is 6.54 Å². The van der Waals surface area contributed by atoms with Gasteiger partial charge in [-0.2, -0.15) is 0 Å². The molecule has 1 aromatic rings. The Morgan fingerprint density at radius 2 is 2.13 bits per heavy atom. The van der Waals surface area contributed by atoms with E-state index in [4.69, 9.17) is 0 Å². The topological polar surface area (TPSA) is 24.9 Å². The van der Waals surface area contributed by atoms with Crippen LogP contribution in [0.1, 0.15) is 50.7 Å². The molecule has 0 fully saturated rings. The summed E-state index contributed by atoms with van der Waals surface area (Å²) in [6, 6.07) is 0. The first kappa shape index (κ1) is 12.7. The van der Waals surface area contributed by atoms with Gasteiger partial charge in [0.25, 0.3) is 0 Å². The first-order valence-electron chi connectivity index (χ1n) is 5.78. The molecule has 1 atom stereocenters. The van der Waals surface area contributed by atoms with E-state index in [0.717, 1.165) is 19.0 Å². The summed E-state index contributed by atoms with van der Waals surface area (Å²) in [5, 5.41) is 6.86. The fraction of sp³-hybridized carbons (Fsp3) is 0.750. The molecule has 15 heavy (non-hydrogen) atoms. The molecule has 0 aliphatic rings. The van der Waals surface area contributed by atoms with Crippen molar-refractivity contribution in [3.05, 3.63) is 16.1 Å². The van der Waals surface area contributed by atoms with Crippen LogP contribution in [0.3, 0.4) is 0 Å². The van der Waals surface area contributed by atoms with Gasteiger partial charge in [0, 0.05) is 17.8 Å². The SMILES string of the molecule is CCC(C)CNCc1csc(C(C)C)n1. The maximum absolute atomic E-state index is 4.59. The zero-order valence-corrected chi connectivity index (χ0v) is 11.0. The number of aromatic nitrogens is 1. The van der Waals surface area contributed by atoms with Crippen LogP contribution in [-0.2, 0) is 6.54 Å². The van der Waals surface area contributed by atoms with E-state index in [1.165, 1.54) is 17.1 Å². The standard InChI is InChI=1S/C12H22N2S/c1-5-10(4)6-13-7-11-8-15-12(14-11)9(2)3/h8-10,13H,5-7H2,1-4H3. The van der Waals surface area contributed by atoms with E-state index < -0.39 is 0 Å². The van der Waals surface area contributed by atoms with Gasteiger partial charge < -0.3 is 5.32 Å². The van der Waals surface area contributed by atoms with Gasteiger partial charge in [0.1, 0.15) is 0 Å². The highest BCUT2D eigenvalue weighted by molar-refractivity contribution is 7.09. The third-order valence-electron chi connectivity index (χ3n) is 2.56. The lowest BCUT2D eigenvalue weighted by Gasteiger charge is -2.08. The van der Waals surface area contributed by atoms with Crippen molar-refractivity contribution in [3.8, 4) is 0 Å². The second kappa shape index (κ2) is 6.23. The van der Waals surface area contributed by atoms with E-state index in [2.05, 4.69) is 43.4 Å². The Bertz CT molecular complexity index is 281. The average Bonchev–Trinajstić information content (AvgIpc) is 2.66. The molecule has 0 bridgehead atoms. The zero-order valence-electron chi connectivity index (χ0n) is 10.2. The van der Waals surface area contributed by atoms with Crippen LogP contribution in [0.4, 0.5) is 0 Å². The number of nitrogens with one attached hydrogen (secondary N) is 1.